The Morgan fingerprint density at radius 1 is 1.04 bits per heavy atom. The molecule has 0 radical (unpaired) electrons. The number of nitrogens with one attached hydrogen (secondary N) is 3. The van der Waals surface area contributed by atoms with E-state index in [0.717, 1.165) is 37.3 Å². The summed E-state index contributed by atoms with van der Waals surface area (Å²) in [7, 11) is 0. The van der Waals surface area contributed by atoms with E-state index in [1.165, 1.54) is 44.1 Å². The maximum atomic E-state index is 12.4. The molecule has 0 aromatic rings. The highest BCUT2D eigenvalue weighted by Crippen LogP contribution is 2.61. The number of amides is 2. The van der Waals surface area contributed by atoms with Crippen LogP contribution in [0.4, 0.5) is 0 Å². The van der Waals surface area contributed by atoms with E-state index >= 15 is 0 Å². The molecular weight excluding hydrogens is 350 g/mol. The molecule has 5 rings (SSSR count). The van der Waals surface area contributed by atoms with E-state index < -0.39 is 0 Å². The standard InChI is InChI=1S/C20H31N3O2.ClH/c24-18(23-13-19(25)22-12-14-1-3-21-4-2-14)11-20-8-15-5-16(9-20)7-17(6-15)10-20;/h1,15-17,21H,2-13H2,(H,22,25)(H,23,24);1H. The lowest BCUT2D eigenvalue weighted by molar-refractivity contribution is -0.131. The van der Waals surface area contributed by atoms with Gasteiger partial charge in [0.25, 0.3) is 0 Å². The Labute approximate surface area is 162 Å². The zero-order valence-corrected chi connectivity index (χ0v) is 16.3. The number of rotatable bonds is 6. The third kappa shape index (κ3) is 4.61. The number of carbonyl (C=O) groups excluding carboxylic acids is 2. The van der Waals surface area contributed by atoms with Gasteiger partial charge in [-0.1, -0.05) is 11.6 Å². The van der Waals surface area contributed by atoms with Crippen LogP contribution in [-0.4, -0.2) is 38.0 Å². The smallest absolute Gasteiger partial charge is 0.239 e. The van der Waals surface area contributed by atoms with Crippen LogP contribution < -0.4 is 16.0 Å². The van der Waals surface area contributed by atoms with Gasteiger partial charge in [-0.2, -0.15) is 0 Å². The van der Waals surface area contributed by atoms with Crippen molar-refractivity contribution in [1.29, 1.82) is 0 Å². The Balaban J connectivity index is 0.00000196. The number of hydrogen-bond donors (Lipinski definition) is 3. The molecule has 0 aromatic heterocycles. The van der Waals surface area contributed by atoms with Gasteiger partial charge < -0.3 is 16.0 Å². The second kappa shape index (κ2) is 8.30. The maximum absolute atomic E-state index is 12.4. The molecule has 6 heteroatoms. The average Bonchev–Trinajstić information content (AvgIpc) is 2.57. The van der Waals surface area contributed by atoms with Crippen molar-refractivity contribution in [3.63, 3.8) is 0 Å². The highest BCUT2D eigenvalue weighted by Gasteiger charge is 2.51. The predicted molar refractivity (Wildman–Crippen MR) is 104 cm³/mol. The van der Waals surface area contributed by atoms with Crippen LogP contribution in [0.3, 0.4) is 0 Å². The van der Waals surface area contributed by atoms with Crippen LogP contribution in [-0.2, 0) is 9.59 Å². The molecule has 0 saturated heterocycles. The summed E-state index contributed by atoms with van der Waals surface area (Å²) >= 11 is 0. The lowest BCUT2D eigenvalue weighted by Crippen LogP contribution is -2.48. The van der Waals surface area contributed by atoms with Gasteiger partial charge in [0, 0.05) is 19.5 Å². The molecule has 26 heavy (non-hydrogen) atoms. The van der Waals surface area contributed by atoms with Crippen molar-refractivity contribution in [2.45, 2.75) is 51.4 Å². The van der Waals surface area contributed by atoms with Gasteiger partial charge >= 0.3 is 0 Å². The summed E-state index contributed by atoms with van der Waals surface area (Å²) in [6, 6.07) is 0. The molecule has 0 atom stereocenters. The normalized spacial score (nSPS) is 34.6. The Morgan fingerprint density at radius 2 is 1.69 bits per heavy atom. The van der Waals surface area contributed by atoms with Gasteiger partial charge in [-0.15, -0.1) is 12.4 Å². The van der Waals surface area contributed by atoms with Crippen molar-refractivity contribution in [3.8, 4) is 0 Å². The van der Waals surface area contributed by atoms with E-state index in [1.54, 1.807) is 0 Å². The summed E-state index contributed by atoms with van der Waals surface area (Å²) in [5, 5.41) is 9.04. The number of hydrogen-bond acceptors (Lipinski definition) is 3. The molecule has 1 aliphatic heterocycles. The van der Waals surface area contributed by atoms with Crippen LogP contribution in [0, 0.1) is 23.2 Å². The lowest BCUT2D eigenvalue weighted by Gasteiger charge is -2.56. The average molecular weight is 382 g/mol. The molecular formula is C20H32ClN3O2. The molecule has 4 bridgehead atoms. The van der Waals surface area contributed by atoms with Gasteiger partial charge in [0.2, 0.25) is 11.8 Å². The lowest BCUT2D eigenvalue weighted by atomic mass is 9.49. The molecule has 0 aromatic carbocycles. The van der Waals surface area contributed by atoms with Crippen molar-refractivity contribution >= 4 is 24.2 Å². The second-order valence-electron chi connectivity index (χ2n) is 8.96. The highest BCUT2D eigenvalue weighted by molar-refractivity contribution is 5.85. The van der Waals surface area contributed by atoms with Crippen LogP contribution in [0.15, 0.2) is 11.6 Å². The van der Waals surface area contributed by atoms with Gasteiger partial charge in [0.15, 0.2) is 0 Å². The molecule has 1 heterocycles. The molecule has 4 saturated carbocycles. The quantitative estimate of drug-likeness (QED) is 0.617. The molecule has 2 amide bonds. The first-order valence-electron chi connectivity index (χ1n) is 10.0. The van der Waals surface area contributed by atoms with Crippen molar-refractivity contribution < 1.29 is 9.59 Å². The Kier molecular flexibility index (Phi) is 6.29. The molecule has 3 N–H and O–H groups in total. The summed E-state index contributed by atoms with van der Waals surface area (Å²) in [4.78, 5) is 24.4. The number of carbonyl (C=O) groups is 2. The second-order valence-corrected chi connectivity index (χ2v) is 8.96. The first-order chi connectivity index (χ1) is 12.1. The summed E-state index contributed by atoms with van der Waals surface area (Å²) in [6.45, 7) is 2.57. The summed E-state index contributed by atoms with van der Waals surface area (Å²) in [5.41, 5.74) is 1.52. The van der Waals surface area contributed by atoms with Gasteiger partial charge in [-0.25, -0.2) is 0 Å². The van der Waals surface area contributed by atoms with Crippen LogP contribution >= 0.6 is 12.4 Å². The van der Waals surface area contributed by atoms with Crippen molar-refractivity contribution in [2.24, 2.45) is 23.2 Å². The molecule has 5 nitrogen and oxygen atoms in total. The van der Waals surface area contributed by atoms with Gasteiger partial charge in [0.1, 0.15) is 0 Å². The Hall–Kier alpha value is -1.07. The molecule has 0 spiro atoms. The Morgan fingerprint density at radius 3 is 2.27 bits per heavy atom. The van der Waals surface area contributed by atoms with Crippen LogP contribution in [0.25, 0.3) is 0 Å². The first-order valence-corrected chi connectivity index (χ1v) is 10.0. The van der Waals surface area contributed by atoms with Crippen LogP contribution in [0.1, 0.15) is 51.4 Å². The third-order valence-corrected chi connectivity index (χ3v) is 6.82. The molecule has 0 unspecified atom stereocenters. The topological polar surface area (TPSA) is 70.2 Å². The Bertz CT molecular complexity index is 540. The van der Waals surface area contributed by atoms with Gasteiger partial charge in [-0.05, 0) is 74.7 Å². The minimum atomic E-state index is -0.0849. The van der Waals surface area contributed by atoms with Gasteiger partial charge in [-0.3, -0.25) is 9.59 Å². The van der Waals surface area contributed by atoms with Crippen LogP contribution in [0.2, 0.25) is 0 Å². The van der Waals surface area contributed by atoms with Crippen LogP contribution in [0.5, 0.6) is 0 Å². The van der Waals surface area contributed by atoms with Crippen molar-refractivity contribution in [2.75, 3.05) is 26.2 Å². The SMILES string of the molecule is Cl.O=C(CNC(=O)CC12CC3CC(CC(C3)C1)C2)NCC1=CCNCC1. The van der Waals surface area contributed by atoms with E-state index in [-0.39, 0.29) is 36.2 Å². The van der Waals surface area contributed by atoms with Crippen molar-refractivity contribution in [1.82, 2.24) is 16.0 Å². The monoisotopic (exact) mass is 381 g/mol. The molecule has 146 valence electrons. The molecule has 5 aliphatic rings. The van der Waals surface area contributed by atoms with E-state index in [9.17, 15) is 9.59 Å². The van der Waals surface area contributed by atoms with Gasteiger partial charge in [0.05, 0.1) is 6.54 Å². The number of halogens is 1. The fourth-order valence-corrected chi connectivity index (χ4v) is 6.19. The minimum absolute atomic E-state index is 0. The van der Waals surface area contributed by atoms with E-state index in [4.69, 9.17) is 0 Å². The fraction of sp³-hybridized carbons (Fsp3) is 0.800. The fourth-order valence-electron chi connectivity index (χ4n) is 6.19. The van der Waals surface area contributed by atoms with Crippen molar-refractivity contribution in [3.05, 3.63) is 11.6 Å². The maximum Gasteiger partial charge on any atom is 0.239 e. The molecule has 4 aliphatic carbocycles. The summed E-state index contributed by atoms with van der Waals surface area (Å²) < 4.78 is 0. The molecule has 4 fully saturated rings. The summed E-state index contributed by atoms with van der Waals surface area (Å²) in [5.74, 6) is 2.57. The predicted octanol–water partition coefficient (Wildman–Crippen LogP) is 2.17. The zero-order valence-electron chi connectivity index (χ0n) is 15.5. The minimum Gasteiger partial charge on any atom is -0.351 e. The highest BCUT2D eigenvalue weighted by atomic mass is 35.5. The van der Waals surface area contributed by atoms with E-state index in [0.29, 0.717) is 13.0 Å². The first kappa shape index (κ1) is 19.7. The largest absolute Gasteiger partial charge is 0.351 e. The van der Waals surface area contributed by atoms with E-state index in [1.807, 2.05) is 0 Å². The third-order valence-electron chi connectivity index (χ3n) is 6.82. The van der Waals surface area contributed by atoms with E-state index in [2.05, 4.69) is 22.0 Å². The zero-order chi connectivity index (χ0) is 17.3. The summed E-state index contributed by atoms with van der Waals surface area (Å²) in [6.07, 6.45) is 11.6.